The molecule has 0 amide bonds. The number of nitrogens with zero attached hydrogens (tertiary/aromatic N) is 4. The predicted octanol–water partition coefficient (Wildman–Crippen LogP) is 2.95. The Balaban J connectivity index is 1.90. The Labute approximate surface area is 130 Å². The van der Waals surface area contributed by atoms with Crippen molar-refractivity contribution < 1.29 is 9.66 Å². The molecule has 0 spiro atoms. The second-order valence-electron chi connectivity index (χ2n) is 4.78. The summed E-state index contributed by atoms with van der Waals surface area (Å²) in [6, 6.07) is 7.59. The first-order valence-corrected chi connectivity index (χ1v) is 7.42. The Morgan fingerprint density at radius 1 is 1.41 bits per heavy atom. The lowest BCUT2D eigenvalue weighted by molar-refractivity contribution is -0.389. The zero-order chi connectivity index (χ0) is 15.7. The van der Waals surface area contributed by atoms with Gasteiger partial charge >= 0.3 is 5.82 Å². The lowest BCUT2D eigenvalue weighted by Crippen LogP contribution is -2.18. The summed E-state index contributed by atoms with van der Waals surface area (Å²) in [5, 5.41) is 13.1. The molecule has 0 saturated carbocycles. The molecule has 1 aromatic carbocycles. The molecule has 0 aliphatic carbocycles. The number of methoxy groups -OCH3 is 1. The van der Waals surface area contributed by atoms with Gasteiger partial charge in [0.25, 0.3) is 4.96 Å². The summed E-state index contributed by atoms with van der Waals surface area (Å²) in [4.78, 5) is 17.7. The first-order chi connectivity index (χ1) is 10.6. The van der Waals surface area contributed by atoms with Gasteiger partial charge in [0, 0.05) is 19.0 Å². The lowest BCUT2D eigenvalue weighted by Gasteiger charge is -2.16. The van der Waals surface area contributed by atoms with Crippen LogP contribution < -0.4 is 9.64 Å². The molecule has 2 heterocycles. The SMILES string of the molecule is COc1ccc(CN(C)c2nc3sccn3c2[N+](=O)[O-])cc1. The van der Waals surface area contributed by atoms with E-state index >= 15 is 0 Å². The fraction of sp³-hybridized carbons (Fsp3) is 0.214. The zero-order valence-electron chi connectivity index (χ0n) is 12.1. The Kier molecular flexibility index (Phi) is 3.68. The van der Waals surface area contributed by atoms with Gasteiger partial charge in [-0.25, -0.2) is 0 Å². The van der Waals surface area contributed by atoms with E-state index in [0.29, 0.717) is 17.3 Å². The van der Waals surface area contributed by atoms with Crippen LogP contribution in [0.1, 0.15) is 5.56 Å². The lowest BCUT2D eigenvalue weighted by atomic mass is 10.2. The molecule has 0 saturated heterocycles. The largest absolute Gasteiger partial charge is 0.497 e. The van der Waals surface area contributed by atoms with Crippen LogP contribution >= 0.6 is 11.3 Å². The average Bonchev–Trinajstić information content (AvgIpc) is 3.07. The van der Waals surface area contributed by atoms with Gasteiger partial charge in [0.2, 0.25) is 5.82 Å². The summed E-state index contributed by atoms with van der Waals surface area (Å²) in [6.07, 6.45) is 1.66. The number of hydrogen-bond acceptors (Lipinski definition) is 6. The van der Waals surface area contributed by atoms with Gasteiger partial charge in [-0.05, 0) is 22.6 Å². The molecule has 114 valence electrons. The molecule has 2 aromatic heterocycles. The van der Waals surface area contributed by atoms with Crippen molar-refractivity contribution in [3.63, 3.8) is 0 Å². The van der Waals surface area contributed by atoms with Gasteiger partial charge in [-0.3, -0.25) is 0 Å². The van der Waals surface area contributed by atoms with E-state index in [0.717, 1.165) is 11.3 Å². The molecule has 8 heteroatoms. The molecule has 0 N–H and O–H groups in total. The van der Waals surface area contributed by atoms with E-state index < -0.39 is 4.92 Å². The van der Waals surface area contributed by atoms with Crippen molar-refractivity contribution in [3.05, 3.63) is 51.5 Å². The van der Waals surface area contributed by atoms with Crippen molar-refractivity contribution in [2.45, 2.75) is 6.54 Å². The molecule has 7 nitrogen and oxygen atoms in total. The Morgan fingerprint density at radius 3 is 2.77 bits per heavy atom. The van der Waals surface area contributed by atoms with E-state index in [1.165, 1.54) is 15.7 Å². The molecule has 3 aromatic rings. The van der Waals surface area contributed by atoms with Crippen molar-refractivity contribution in [1.82, 2.24) is 9.38 Å². The zero-order valence-corrected chi connectivity index (χ0v) is 12.9. The number of aromatic nitrogens is 2. The van der Waals surface area contributed by atoms with E-state index in [2.05, 4.69) is 4.98 Å². The van der Waals surface area contributed by atoms with Crippen LogP contribution in [-0.2, 0) is 6.54 Å². The van der Waals surface area contributed by atoms with Crippen LogP contribution in [0.25, 0.3) is 4.96 Å². The Morgan fingerprint density at radius 2 is 2.14 bits per heavy atom. The maximum absolute atomic E-state index is 11.3. The van der Waals surface area contributed by atoms with Crippen molar-refractivity contribution in [1.29, 1.82) is 0 Å². The minimum atomic E-state index is -0.396. The van der Waals surface area contributed by atoms with Crippen LogP contribution in [0.5, 0.6) is 5.75 Å². The third kappa shape index (κ3) is 2.48. The highest BCUT2D eigenvalue weighted by atomic mass is 32.1. The number of hydrogen-bond donors (Lipinski definition) is 0. The molecular formula is C14H14N4O3S. The van der Waals surface area contributed by atoms with E-state index in [4.69, 9.17) is 4.74 Å². The van der Waals surface area contributed by atoms with Crippen LogP contribution in [-0.4, -0.2) is 28.5 Å². The van der Waals surface area contributed by atoms with Crippen molar-refractivity contribution in [3.8, 4) is 5.75 Å². The maximum atomic E-state index is 11.3. The number of rotatable bonds is 5. The van der Waals surface area contributed by atoms with Crippen LogP contribution in [0, 0.1) is 10.1 Å². The van der Waals surface area contributed by atoms with Crippen molar-refractivity contribution in [2.24, 2.45) is 0 Å². The van der Waals surface area contributed by atoms with Crippen LogP contribution in [0.2, 0.25) is 0 Å². The molecular weight excluding hydrogens is 304 g/mol. The summed E-state index contributed by atoms with van der Waals surface area (Å²) < 4.78 is 6.63. The molecule has 0 aliphatic rings. The van der Waals surface area contributed by atoms with Crippen LogP contribution in [0.15, 0.2) is 35.8 Å². The van der Waals surface area contributed by atoms with Gasteiger partial charge < -0.3 is 19.8 Å². The highest BCUT2D eigenvalue weighted by molar-refractivity contribution is 7.15. The number of fused-ring (bicyclic) bond motifs is 1. The number of benzene rings is 1. The molecule has 0 aliphatic heterocycles. The maximum Gasteiger partial charge on any atom is 0.373 e. The number of nitro groups is 1. The second-order valence-corrected chi connectivity index (χ2v) is 5.65. The predicted molar refractivity (Wildman–Crippen MR) is 84.8 cm³/mol. The van der Waals surface area contributed by atoms with E-state index in [1.54, 1.807) is 30.6 Å². The first-order valence-electron chi connectivity index (χ1n) is 6.54. The van der Waals surface area contributed by atoms with E-state index in [9.17, 15) is 10.1 Å². The van der Waals surface area contributed by atoms with Gasteiger partial charge in [0.05, 0.1) is 7.11 Å². The van der Waals surface area contributed by atoms with Gasteiger partial charge in [0.1, 0.15) is 11.9 Å². The van der Waals surface area contributed by atoms with Gasteiger partial charge in [-0.2, -0.15) is 9.38 Å². The molecule has 0 atom stereocenters. The first kappa shape index (κ1) is 14.3. The van der Waals surface area contributed by atoms with Crippen LogP contribution in [0.3, 0.4) is 0 Å². The number of thiazole rings is 1. The molecule has 0 radical (unpaired) electrons. The summed E-state index contributed by atoms with van der Waals surface area (Å²) in [7, 11) is 3.41. The Hall–Kier alpha value is -2.61. The quantitative estimate of drug-likeness (QED) is 0.534. The van der Waals surface area contributed by atoms with E-state index in [1.807, 2.05) is 24.3 Å². The molecule has 0 unspecified atom stereocenters. The minimum Gasteiger partial charge on any atom is -0.497 e. The van der Waals surface area contributed by atoms with Gasteiger partial charge in [-0.15, -0.1) is 0 Å². The monoisotopic (exact) mass is 318 g/mol. The smallest absolute Gasteiger partial charge is 0.373 e. The fourth-order valence-electron chi connectivity index (χ4n) is 2.27. The van der Waals surface area contributed by atoms with E-state index in [-0.39, 0.29) is 5.82 Å². The van der Waals surface area contributed by atoms with Gasteiger partial charge in [0.15, 0.2) is 0 Å². The van der Waals surface area contributed by atoms with Crippen molar-refractivity contribution in [2.75, 3.05) is 19.1 Å². The minimum absolute atomic E-state index is 0.00717. The van der Waals surface area contributed by atoms with Crippen LogP contribution in [0.4, 0.5) is 11.6 Å². The summed E-state index contributed by atoms with van der Waals surface area (Å²) in [5.41, 5.74) is 1.02. The van der Waals surface area contributed by atoms with Gasteiger partial charge in [-0.1, -0.05) is 23.5 Å². The standard InChI is InChI=1S/C14H14N4O3S/c1-16(9-10-3-5-11(21-2)6-4-10)12-13(18(19)20)17-7-8-22-14(17)15-12/h3-8H,9H2,1-2H3. The highest BCUT2D eigenvalue weighted by Gasteiger charge is 2.26. The highest BCUT2D eigenvalue weighted by Crippen LogP contribution is 2.31. The second kappa shape index (κ2) is 5.64. The summed E-state index contributed by atoms with van der Waals surface area (Å²) in [6.45, 7) is 0.523. The third-order valence-electron chi connectivity index (χ3n) is 3.33. The molecule has 3 rings (SSSR count). The number of ether oxygens (including phenoxy) is 1. The molecule has 22 heavy (non-hydrogen) atoms. The fourth-order valence-corrected chi connectivity index (χ4v) is 2.97. The van der Waals surface area contributed by atoms with Crippen molar-refractivity contribution >= 4 is 27.9 Å². The molecule has 0 bridgehead atoms. The summed E-state index contributed by atoms with van der Waals surface area (Å²) in [5.74, 6) is 1.14. The Bertz CT molecular complexity index is 809. The third-order valence-corrected chi connectivity index (χ3v) is 4.09. The summed E-state index contributed by atoms with van der Waals surface area (Å²) >= 11 is 1.37. The normalized spacial score (nSPS) is 10.8. The molecule has 0 fully saturated rings. The average molecular weight is 318 g/mol. The number of anilines is 1. The topological polar surface area (TPSA) is 72.9 Å². The number of imidazole rings is 1.